The number of rotatable bonds is 7. The molecule has 2 fully saturated rings. The van der Waals surface area contributed by atoms with Crippen molar-refractivity contribution in [2.75, 3.05) is 20.2 Å². The number of fused-ring (bicyclic) bond motifs is 1. The first-order valence-corrected chi connectivity index (χ1v) is 10.4. The van der Waals surface area contributed by atoms with Gasteiger partial charge in [-0.05, 0) is 31.4 Å². The van der Waals surface area contributed by atoms with Gasteiger partial charge in [-0.15, -0.1) is 0 Å². The molecule has 1 saturated carbocycles. The normalized spacial score (nSPS) is 19.5. The molecule has 2 heterocycles. The van der Waals surface area contributed by atoms with Crippen LogP contribution < -0.4 is 10.6 Å². The van der Waals surface area contributed by atoms with Crippen molar-refractivity contribution >= 4 is 28.7 Å². The van der Waals surface area contributed by atoms with Crippen molar-refractivity contribution in [2.24, 2.45) is 0 Å². The van der Waals surface area contributed by atoms with Crippen molar-refractivity contribution in [3.05, 3.63) is 35.5 Å². The van der Waals surface area contributed by atoms with E-state index in [9.17, 15) is 14.4 Å². The van der Waals surface area contributed by atoms with Crippen LogP contribution in [0.5, 0.6) is 0 Å². The molecule has 1 saturated heterocycles. The molecule has 2 aliphatic rings. The largest absolute Gasteiger partial charge is 0.469 e. The first-order chi connectivity index (χ1) is 14.5. The third kappa shape index (κ3) is 4.18. The molecule has 1 aliphatic carbocycles. The Morgan fingerprint density at radius 3 is 2.77 bits per heavy atom. The topological polar surface area (TPSA) is 92.7 Å². The number of amides is 2. The van der Waals surface area contributed by atoms with E-state index in [4.69, 9.17) is 4.74 Å². The van der Waals surface area contributed by atoms with Gasteiger partial charge in [0.2, 0.25) is 11.8 Å². The molecule has 160 valence electrons. The standard InChI is InChI=1S/C22H28N4O4/c1-14-17(12-25-10-9-23-22(29)19(25)11-21(28)30-2)16-5-3-4-6-18(16)26(14)13-20(27)24-15-7-8-15/h3-6,15,19H,7-13H2,1-2H3,(H,23,29)(H,24,27)/t19-/m0/s1. The molecule has 1 aromatic carbocycles. The molecule has 0 radical (unpaired) electrons. The zero-order valence-corrected chi connectivity index (χ0v) is 17.4. The van der Waals surface area contributed by atoms with E-state index in [-0.39, 0.29) is 24.8 Å². The van der Waals surface area contributed by atoms with Gasteiger partial charge >= 0.3 is 5.97 Å². The fourth-order valence-electron chi connectivity index (χ4n) is 4.17. The second kappa shape index (κ2) is 8.47. The summed E-state index contributed by atoms with van der Waals surface area (Å²) in [6, 6.07) is 7.78. The summed E-state index contributed by atoms with van der Waals surface area (Å²) in [5, 5.41) is 6.96. The second-order valence-corrected chi connectivity index (χ2v) is 8.07. The number of hydrogen-bond donors (Lipinski definition) is 2. The van der Waals surface area contributed by atoms with Gasteiger partial charge in [-0.3, -0.25) is 19.3 Å². The van der Waals surface area contributed by atoms with Gasteiger partial charge in [0.15, 0.2) is 0 Å². The lowest BCUT2D eigenvalue weighted by Crippen LogP contribution is -2.55. The van der Waals surface area contributed by atoms with Crippen molar-refractivity contribution in [3.63, 3.8) is 0 Å². The van der Waals surface area contributed by atoms with Crippen molar-refractivity contribution < 1.29 is 19.1 Å². The predicted molar refractivity (Wildman–Crippen MR) is 112 cm³/mol. The SMILES string of the molecule is COC(=O)C[C@H]1C(=O)NCCN1Cc1c(C)n(CC(=O)NC2CC2)c2ccccc12. The Morgan fingerprint density at radius 1 is 1.27 bits per heavy atom. The number of nitrogens with zero attached hydrogens (tertiary/aromatic N) is 2. The van der Waals surface area contributed by atoms with E-state index in [1.54, 1.807) is 0 Å². The van der Waals surface area contributed by atoms with E-state index in [0.29, 0.717) is 25.7 Å². The van der Waals surface area contributed by atoms with Crippen LogP contribution in [0.3, 0.4) is 0 Å². The number of carbonyl (C=O) groups excluding carboxylic acids is 3. The quantitative estimate of drug-likeness (QED) is 0.665. The predicted octanol–water partition coefficient (Wildman–Crippen LogP) is 1.09. The molecule has 1 aromatic heterocycles. The number of hydrogen-bond acceptors (Lipinski definition) is 5. The number of esters is 1. The summed E-state index contributed by atoms with van der Waals surface area (Å²) >= 11 is 0. The van der Waals surface area contributed by atoms with E-state index >= 15 is 0 Å². The molecule has 0 spiro atoms. The zero-order chi connectivity index (χ0) is 21.3. The Bertz CT molecular complexity index is 979. The molecule has 0 unspecified atom stereocenters. The number of para-hydroxylation sites is 1. The summed E-state index contributed by atoms with van der Waals surface area (Å²) in [5.41, 5.74) is 3.08. The fraction of sp³-hybridized carbons (Fsp3) is 0.500. The Morgan fingerprint density at radius 2 is 2.03 bits per heavy atom. The Hall–Kier alpha value is -2.87. The highest BCUT2D eigenvalue weighted by Crippen LogP contribution is 2.28. The van der Waals surface area contributed by atoms with E-state index in [1.807, 2.05) is 40.7 Å². The number of aromatic nitrogens is 1. The Labute approximate surface area is 175 Å². The average Bonchev–Trinajstić information content (AvgIpc) is 3.51. The van der Waals surface area contributed by atoms with Gasteiger partial charge < -0.3 is 19.9 Å². The van der Waals surface area contributed by atoms with Gasteiger partial charge in [0, 0.05) is 42.3 Å². The van der Waals surface area contributed by atoms with Gasteiger partial charge in [-0.2, -0.15) is 0 Å². The maximum Gasteiger partial charge on any atom is 0.307 e. The van der Waals surface area contributed by atoms with E-state index < -0.39 is 12.0 Å². The lowest BCUT2D eigenvalue weighted by Gasteiger charge is -2.34. The molecule has 0 bridgehead atoms. The van der Waals surface area contributed by atoms with Crippen molar-refractivity contribution in [3.8, 4) is 0 Å². The maximum absolute atomic E-state index is 12.5. The Balaban J connectivity index is 1.62. The van der Waals surface area contributed by atoms with Crippen LogP contribution in [0.15, 0.2) is 24.3 Å². The van der Waals surface area contributed by atoms with Crippen LogP contribution in [0.4, 0.5) is 0 Å². The van der Waals surface area contributed by atoms with Crippen LogP contribution in [-0.4, -0.2) is 59.5 Å². The Kier molecular flexibility index (Phi) is 5.76. The summed E-state index contributed by atoms with van der Waals surface area (Å²) in [6.45, 7) is 4.00. The number of ether oxygens (including phenoxy) is 1. The lowest BCUT2D eigenvalue weighted by molar-refractivity contribution is -0.146. The van der Waals surface area contributed by atoms with Crippen molar-refractivity contribution in [1.82, 2.24) is 20.1 Å². The lowest BCUT2D eigenvalue weighted by atomic mass is 10.1. The fourth-order valence-corrected chi connectivity index (χ4v) is 4.17. The number of carbonyl (C=O) groups is 3. The van der Waals surface area contributed by atoms with E-state index in [0.717, 1.165) is 35.0 Å². The molecular formula is C22H28N4O4. The van der Waals surface area contributed by atoms with Crippen LogP contribution >= 0.6 is 0 Å². The molecule has 2 amide bonds. The number of methoxy groups -OCH3 is 1. The molecule has 4 rings (SSSR count). The third-order valence-electron chi connectivity index (χ3n) is 6.00. The molecule has 1 atom stereocenters. The second-order valence-electron chi connectivity index (χ2n) is 8.07. The summed E-state index contributed by atoms with van der Waals surface area (Å²) < 4.78 is 6.83. The highest BCUT2D eigenvalue weighted by molar-refractivity contribution is 5.89. The summed E-state index contributed by atoms with van der Waals surface area (Å²) in [6.07, 6.45) is 2.13. The van der Waals surface area contributed by atoms with Gasteiger partial charge in [-0.25, -0.2) is 0 Å². The molecule has 8 heteroatoms. The first kappa shape index (κ1) is 20.4. The van der Waals surface area contributed by atoms with Crippen LogP contribution in [-0.2, 0) is 32.2 Å². The minimum absolute atomic E-state index is 0.0177. The molecule has 8 nitrogen and oxygen atoms in total. The van der Waals surface area contributed by atoms with E-state index in [1.165, 1.54) is 7.11 Å². The number of benzene rings is 1. The number of nitrogens with one attached hydrogen (secondary N) is 2. The van der Waals surface area contributed by atoms with Crippen molar-refractivity contribution in [2.45, 2.75) is 51.4 Å². The summed E-state index contributed by atoms with van der Waals surface area (Å²) in [4.78, 5) is 38.8. The van der Waals surface area contributed by atoms with Gasteiger partial charge in [0.25, 0.3) is 0 Å². The van der Waals surface area contributed by atoms with Crippen LogP contribution in [0.1, 0.15) is 30.5 Å². The molecule has 30 heavy (non-hydrogen) atoms. The average molecular weight is 412 g/mol. The van der Waals surface area contributed by atoms with Gasteiger partial charge in [0.05, 0.1) is 13.5 Å². The van der Waals surface area contributed by atoms with Gasteiger partial charge in [0.1, 0.15) is 12.6 Å². The third-order valence-corrected chi connectivity index (χ3v) is 6.00. The highest BCUT2D eigenvalue weighted by Gasteiger charge is 2.33. The maximum atomic E-state index is 12.5. The summed E-state index contributed by atoms with van der Waals surface area (Å²) in [5.74, 6) is -0.538. The van der Waals surface area contributed by atoms with Crippen LogP contribution in [0.25, 0.3) is 10.9 Å². The minimum Gasteiger partial charge on any atom is -0.469 e. The minimum atomic E-state index is -0.564. The van der Waals surface area contributed by atoms with E-state index in [2.05, 4.69) is 10.6 Å². The summed E-state index contributed by atoms with van der Waals surface area (Å²) in [7, 11) is 1.33. The van der Waals surface area contributed by atoms with Crippen LogP contribution in [0.2, 0.25) is 0 Å². The molecule has 2 N–H and O–H groups in total. The smallest absolute Gasteiger partial charge is 0.307 e. The zero-order valence-electron chi connectivity index (χ0n) is 17.4. The first-order valence-electron chi connectivity index (χ1n) is 10.4. The molecular weight excluding hydrogens is 384 g/mol. The molecule has 2 aromatic rings. The van der Waals surface area contributed by atoms with Gasteiger partial charge in [-0.1, -0.05) is 18.2 Å². The van der Waals surface area contributed by atoms with Crippen LogP contribution in [0, 0.1) is 6.92 Å². The monoisotopic (exact) mass is 412 g/mol. The highest BCUT2D eigenvalue weighted by atomic mass is 16.5. The number of piperazine rings is 1. The van der Waals surface area contributed by atoms with Crippen molar-refractivity contribution in [1.29, 1.82) is 0 Å². The molecule has 1 aliphatic heterocycles.